The standard InChI is InChI=1S/C7H7BBrFO4/c1-13-7-4(9)2-3-5(6(7)10)14-8(11)12/h2-3,11-12H,1H3. The molecule has 0 aliphatic rings. The molecule has 14 heavy (non-hydrogen) atoms. The number of ether oxygens (including phenoxy) is 1. The summed E-state index contributed by atoms with van der Waals surface area (Å²) in [5, 5.41) is 17.0. The first-order chi connectivity index (χ1) is 6.56. The lowest BCUT2D eigenvalue weighted by atomic mass is 10.2. The van der Waals surface area contributed by atoms with Crippen molar-refractivity contribution in [2.75, 3.05) is 7.11 Å². The van der Waals surface area contributed by atoms with Crippen LogP contribution in [0, 0.1) is 5.82 Å². The molecule has 0 amide bonds. The van der Waals surface area contributed by atoms with Crippen LogP contribution in [0.2, 0.25) is 0 Å². The van der Waals surface area contributed by atoms with Gasteiger partial charge in [-0.1, -0.05) is 0 Å². The molecule has 4 nitrogen and oxygen atoms in total. The minimum Gasteiger partial charge on any atom is -0.509 e. The molecule has 0 fully saturated rings. The maximum atomic E-state index is 13.4. The molecule has 7 heteroatoms. The molecule has 0 bridgehead atoms. The van der Waals surface area contributed by atoms with Crippen molar-refractivity contribution in [3.05, 3.63) is 22.4 Å². The van der Waals surface area contributed by atoms with E-state index in [1.54, 1.807) is 0 Å². The van der Waals surface area contributed by atoms with Crippen LogP contribution in [-0.2, 0) is 0 Å². The van der Waals surface area contributed by atoms with Gasteiger partial charge in [0.25, 0.3) is 0 Å². The van der Waals surface area contributed by atoms with Crippen LogP contribution in [0.25, 0.3) is 0 Å². The van der Waals surface area contributed by atoms with E-state index in [2.05, 4.69) is 20.6 Å². The molecule has 1 aromatic carbocycles. The molecule has 0 unspecified atom stereocenters. The summed E-state index contributed by atoms with van der Waals surface area (Å²) >= 11 is 3.06. The van der Waals surface area contributed by atoms with Crippen LogP contribution in [0.15, 0.2) is 16.6 Å². The van der Waals surface area contributed by atoms with E-state index >= 15 is 0 Å². The zero-order chi connectivity index (χ0) is 10.7. The van der Waals surface area contributed by atoms with E-state index in [1.165, 1.54) is 19.2 Å². The van der Waals surface area contributed by atoms with E-state index < -0.39 is 13.1 Å². The van der Waals surface area contributed by atoms with E-state index in [4.69, 9.17) is 14.8 Å². The average molecular weight is 265 g/mol. The summed E-state index contributed by atoms with van der Waals surface area (Å²) < 4.78 is 22.9. The van der Waals surface area contributed by atoms with Gasteiger partial charge in [0.2, 0.25) is 5.82 Å². The van der Waals surface area contributed by atoms with Gasteiger partial charge in [-0.3, -0.25) is 0 Å². The van der Waals surface area contributed by atoms with Gasteiger partial charge in [0.05, 0.1) is 11.6 Å². The minimum atomic E-state index is -2.06. The summed E-state index contributed by atoms with van der Waals surface area (Å²) in [7, 11) is -0.766. The van der Waals surface area contributed by atoms with Crippen LogP contribution in [-0.4, -0.2) is 24.5 Å². The number of hydrogen-bond acceptors (Lipinski definition) is 4. The monoisotopic (exact) mass is 264 g/mol. The van der Waals surface area contributed by atoms with Gasteiger partial charge in [-0.15, -0.1) is 0 Å². The molecule has 0 aliphatic heterocycles. The highest BCUT2D eigenvalue weighted by Crippen LogP contribution is 2.33. The van der Waals surface area contributed by atoms with Crippen molar-refractivity contribution in [3.8, 4) is 11.5 Å². The summed E-state index contributed by atoms with van der Waals surface area (Å²) in [6.45, 7) is 0. The van der Waals surface area contributed by atoms with Crippen molar-refractivity contribution < 1.29 is 23.8 Å². The molecule has 1 rings (SSSR count). The van der Waals surface area contributed by atoms with Gasteiger partial charge in [0.1, 0.15) is 5.75 Å². The Morgan fingerprint density at radius 3 is 2.57 bits per heavy atom. The van der Waals surface area contributed by atoms with E-state index in [9.17, 15) is 4.39 Å². The van der Waals surface area contributed by atoms with Crippen LogP contribution in [0.5, 0.6) is 11.5 Å². The largest absolute Gasteiger partial charge is 0.707 e. The molecule has 0 spiro atoms. The van der Waals surface area contributed by atoms with Crippen LogP contribution >= 0.6 is 15.9 Å². The second kappa shape index (κ2) is 4.63. The lowest BCUT2D eigenvalue weighted by Crippen LogP contribution is -2.21. The minimum absolute atomic E-state index is 0.0526. The lowest BCUT2D eigenvalue weighted by Gasteiger charge is -2.10. The van der Waals surface area contributed by atoms with Gasteiger partial charge in [-0.2, -0.15) is 4.39 Å². The highest BCUT2D eigenvalue weighted by Gasteiger charge is 2.18. The van der Waals surface area contributed by atoms with Crippen molar-refractivity contribution in [1.82, 2.24) is 0 Å². The summed E-state index contributed by atoms with van der Waals surface area (Å²) in [4.78, 5) is 0. The number of benzene rings is 1. The van der Waals surface area contributed by atoms with Gasteiger partial charge in [0.15, 0.2) is 5.75 Å². The molecule has 0 saturated heterocycles. The SMILES string of the molecule is COc1c(Br)ccc(OB(O)O)c1F. The summed E-state index contributed by atoms with van der Waals surface area (Å²) in [5.74, 6) is -1.14. The van der Waals surface area contributed by atoms with Crippen molar-refractivity contribution in [2.24, 2.45) is 0 Å². The second-order valence-electron chi connectivity index (χ2n) is 2.34. The fraction of sp³-hybridized carbons (Fsp3) is 0.143. The van der Waals surface area contributed by atoms with Gasteiger partial charge >= 0.3 is 7.32 Å². The first-order valence-electron chi connectivity index (χ1n) is 3.61. The Bertz CT molecular complexity index is 334. The number of halogens is 2. The Morgan fingerprint density at radius 1 is 1.43 bits per heavy atom. The molecule has 0 radical (unpaired) electrons. The number of rotatable bonds is 3. The van der Waals surface area contributed by atoms with Crippen LogP contribution in [0.1, 0.15) is 0 Å². The molecule has 2 N–H and O–H groups in total. The summed E-state index contributed by atoms with van der Waals surface area (Å²) in [6, 6.07) is 2.72. The molecule has 76 valence electrons. The fourth-order valence-electron chi connectivity index (χ4n) is 0.906. The third-order valence-electron chi connectivity index (χ3n) is 1.45. The molecule has 0 heterocycles. The zero-order valence-electron chi connectivity index (χ0n) is 7.20. The predicted octanol–water partition coefficient (Wildman–Crippen LogP) is 0.945. The fourth-order valence-corrected chi connectivity index (χ4v) is 1.37. The maximum Gasteiger partial charge on any atom is 0.707 e. The van der Waals surface area contributed by atoms with Gasteiger partial charge < -0.3 is 19.4 Å². The van der Waals surface area contributed by atoms with E-state index in [1.807, 2.05) is 0 Å². The molecular formula is C7H7BBrFO4. The van der Waals surface area contributed by atoms with E-state index in [-0.39, 0.29) is 11.5 Å². The van der Waals surface area contributed by atoms with Crippen LogP contribution in [0.4, 0.5) is 4.39 Å². The van der Waals surface area contributed by atoms with Crippen molar-refractivity contribution in [2.45, 2.75) is 0 Å². The number of hydrogen-bond donors (Lipinski definition) is 2. The first kappa shape index (κ1) is 11.3. The quantitative estimate of drug-likeness (QED) is 0.798. The maximum absolute atomic E-state index is 13.4. The van der Waals surface area contributed by atoms with Crippen LogP contribution < -0.4 is 9.39 Å². The molecule has 0 atom stereocenters. The van der Waals surface area contributed by atoms with E-state index in [0.29, 0.717) is 4.47 Å². The van der Waals surface area contributed by atoms with E-state index in [0.717, 1.165) is 0 Å². The third kappa shape index (κ3) is 2.37. The van der Waals surface area contributed by atoms with Crippen LogP contribution in [0.3, 0.4) is 0 Å². The topological polar surface area (TPSA) is 58.9 Å². The molecule has 0 saturated carbocycles. The van der Waals surface area contributed by atoms with Gasteiger partial charge in [0, 0.05) is 0 Å². The highest BCUT2D eigenvalue weighted by atomic mass is 79.9. The summed E-state index contributed by atoms with van der Waals surface area (Å²) in [5.41, 5.74) is 0. The average Bonchev–Trinajstić information content (AvgIpc) is 2.10. The Labute approximate surface area is 88.6 Å². The Kier molecular flexibility index (Phi) is 3.73. The van der Waals surface area contributed by atoms with Gasteiger partial charge in [-0.05, 0) is 28.1 Å². The Balaban J connectivity index is 3.08. The highest BCUT2D eigenvalue weighted by molar-refractivity contribution is 9.10. The third-order valence-corrected chi connectivity index (χ3v) is 2.07. The first-order valence-corrected chi connectivity index (χ1v) is 4.40. The number of methoxy groups -OCH3 is 1. The molecule has 1 aromatic rings. The van der Waals surface area contributed by atoms with Gasteiger partial charge in [-0.25, -0.2) is 0 Å². The van der Waals surface area contributed by atoms with Crippen molar-refractivity contribution in [1.29, 1.82) is 0 Å². The molecular weight excluding hydrogens is 258 g/mol. The molecule has 0 aliphatic carbocycles. The normalized spacial score (nSPS) is 9.79. The zero-order valence-corrected chi connectivity index (χ0v) is 8.78. The predicted molar refractivity (Wildman–Crippen MR) is 51.5 cm³/mol. The molecule has 0 aromatic heterocycles. The van der Waals surface area contributed by atoms with Crippen molar-refractivity contribution >= 4 is 23.3 Å². The Hall–Kier alpha value is -0.785. The summed E-state index contributed by atoms with van der Waals surface area (Å²) in [6.07, 6.45) is 0. The smallest absolute Gasteiger partial charge is 0.509 e. The lowest BCUT2D eigenvalue weighted by molar-refractivity contribution is 0.278. The second-order valence-corrected chi connectivity index (χ2v) is 3.19. The van der Waals surface area contributed by atoms with Crippen molar-refractivity contribution in [3.63, 3.8) is 0 Å². The Morgan fingerprint density at radius 2 is 2.07 bits per heavy atom.